The molecule has 0 bridgehead atoms. The van der Waals surface area contributed by atoms with Crippen LogP contribution < -0.4 is 10.6 Å². The van der Waals surface area contributed by atoms with Gasteiger partial charge in [0.1, 0.15) is 12.1 Å². The van der Waals surface area contributed by atoms with E-state index in [4.69, 9.17) is 0 Å². The third-order valence-electron chi connectivity index (χ3n) is 4.78. The summed E-state index contributed by atoms with van der Waals surface area (Å²) in [6.07, 6.45) is 0.279. The quantitative estimate of drug-likeness (QED) is 0.501. The van der Waals surface area contributed by atoms with Crippen LogP contribution in [0.4, 0.5) is 9.93 Å². The van der Waals surface area contributed by atoms with Crippen molar-refractivity contribution in [2.75, 3.05) is 12.4 Å². The van der Waals surface area contributed by atoms with Crippen molar-refractivity contribution < 1.29 is 23.9 Å². The molecule has 1 fully saturated rings. The molecule has 1 aliphatic heterocycles. The lowest BCUT2D eigenvalue weighted by molar-refractivity contribution is -0.134. The summed E-state index contributed by atoms with van der Waals surface area (Å²) in [5.74, 6) is -1.61. The van der Waals surface area contributed by atoms with Gasteiger partial charge in [-0.3, -0.25) is 9.59 Å². The van der Waals surface area contributed by atoms with E-state index < -0.39 is 35.9 Å². The van der Waals surface area contributed by atoms with E-state index in [0.29, 0.717) is 5.56 Å². The Morgan fingerprint density at radius 1 is 1.32 bits per heavy atom. The molecule has 0 saturated carbocycles. The fourth-order valence-electron chi connectivity index (χ4n) is 3.36. The van der Waals surface area contributed by atoms with E-state index in [1.807, 2.05) is 39.0 Å². The first kappa shape index (κ1) is 22.4. The third kappa shape index (κ3) is 4.91. The van der Waals surface area contributed by atoms with Crippen molar-refractivity contribution in [3.05, 3.63) is 46.5 Å². The van der Waals surface area contributed by atoms with Crippen LogP contribution in [-0.4, -0.2) is 46.9 Å². The summed E-state index contributed by atoms with van der Waals surface area (Å²) >= 11 is 1.05. The molecule has 1 saturated heterocycles. The molecular formula is C21H24N4O5S. The Labute approximate surface area is 183 Å². The summed E-state index contributed by atoms with van der Waals surface area (Å²) in [4.78, 5) is 55.5. The number of amides is 4. The van der Waals surface area contributed by atoms with Crippen LogP contribution in [0.15, 0.2) is 29.6 Å². The van der Waals surface area contributed by atoms with E-state index in [9.17, 15) is 19.2 Å². The van der Waals surface area contributed by atoms with Gasteiger partial charge in [0.05, 0.1) is 7.11 Å². The van der Waals surface area contributed by atoms with Crippen molar-refractivity contribution in [1.29, 1.82) is 0 Å². The number of carbonyl (C=O) groups is 4. The molecule has 31 heavy (non-hydrogen) atoms. The molecule has 0 radical (unpaired) electrons. The van der Waals surface area contributed by atoms with E-state index in [1.165, 1.54) is 12.5 Å². The minimum Gasteiger partial charge on any atom is -0.464 e. The van der Waals surface area contributed by atoms with Crippen molar-refractivity contribution in [1.82, 2.24) is 15.2 Å². The first-order valence-electron chi connectivity index (χ1n) is 9.76. The molecule has 10 heteroatoms. The van der Waals surface area contributed by atoms with E-state index in [1.54, 1.807) is 6.07 Å². The van der Waals surface area contributed by atoms with Crippen LogP contribution >= 0.6 is 11.3 Å². The highest BCUT2D eigenvalue weighted by Gasteiger charge is 2.45. The summed E-state index contributed by atoms with van der Waals surface area (Å²) in [5, 5.41) is 6.94. The number of thiazole rings is 1. The van der Waals surface area contributed by atoms with Gasteiger partial charge in [-0.2, -0.15) is 0 Å². The predicted octanol–water partition coefficient (Wildman–Crippen LogP) is 2.88. The number of aromatic nitrogens is 1. The van der Waals surface area contributed by atoms with Crippen molar-refractivity contribution in [3.63, 3.8) is 0 Å². The van der Waals surface area contributed by atoms with E-state index in [2.05, 4.69) is 20.4 Å². The highest BCUT2D eigenvalue weighted by atomic mass is 32.1. The first-order valence-corrected chi connectivity index (χ1v) is 10.6. The molecule has 1 aromatic heterocycles. The van der Waals surface area contributed by atoms with Crippen molar-refractivity contribution in [2.24, 2.45) is 5.92 Å². The number of esters is 1. The summed E-state index contributed by atoms with van der Waals surface area (Å²) in [6.45, 7) is 5.69. The van der Waals surface area contributed by atoms with Gasteiger partial charge in [-0.15, -0.1) is 11.3 Å². The number of anilines is 1. The molecule has 2 heterocycles. The summed E-state index contributed by atoms with van der Waals surface area (Å²) < 4.78 is 4.61. The molecule has 2 N–H and O–H groups in total. The zero-order valence-electron chi connectivity index (χ0n) is 17.7. The zero-order valence-corrected chi connectivity index (χ0v) is 18.5. The number of benzene rings is 1. The Morgan fingerprint density at radius 2 is 2.06 bits per heavy atom. The number of carbonyl (C=O) groups excluding carboxylic acids is 4. The second-order valence-corrected chi connectivity index (χ2v) is 8.53. The lowest BCUT2D eigenvalue weighted by Gasteiger charge is -2.25. The molecular weight excluding hydrogens is 420 g/mol. The zero-order chi connectivity index (χ0) is 22.7. The lowest BCUT2D eigenvalue weighted by Crippen LogP contribution is -2.48. The molecule has 0 spiro atoms. The fourth-order valence-corrected chi connectivity index (χ4v) is 4.04. The van der Waals surface area contributed by atoms with Crippen molar-refractivity contribution in [3.8, 4) is 0 Å². The first-order chi connectivity index (χ1) is 14.7. The number of methoxy groups -OCH3 is 1. The number of aryl methyl sites for hydroxylation is 1. The molecule has 2 atom stereocenters. The van der Waals surface area contributed by atoms with Crippen LogP contribution in [0.1, 0.15) is 47.9 Å². The van der Waals surface area contributed by atoms with Crippen molar-refractivity contribution in [2.45, 2.75) is 39.3 Å². The Balaban J connectivity index is 1.83. The maximum atomic E-state index is 13.1. The Hall–Kier alpha value is -3.27. The van der Waals surface area contributed by atoms with E-state index in [0.717, 1.165) is 21.8 Å². The molecule has 1 unspecified atom stereocenters. The number of imide groups is 1. The van der Waals surface area contributed by atoms with Gasteiger partial charge in [-0.05, 0) is 24.8 Å². The number of hydrogen-bond donors (Lipinski definition) is 2. The maximum Gasteiger partial charge on any atom is 0.357 e. The smallest absolute Gasteiger partial charge is 0.357 e. The van der Waals surface area contributed by atoms with Gasteiger partial charge >= 0.3 is 12.0 Å². The standard InChI is InChI=1S/C21H24N4O5S/c1-11(2)8-15(17(26)24-20-22-14(10-31-20)19(28)30-4)25-18(27)16(23-21(25)29)13-7-5-6-12(3)9-13/h5-7,9-11,15-16H,8H2,1-4H3,(H,23,29)(H,22,24,26)/t15-,16?/m0/s1. The number of nitrogens with one attached hydrogen (secondary N) is 2. The number of ether oxygens (including phenoxy) is 1. The van der Waals surface area contributed by atoms with Crippen LogP contribution in [0.3, 0.4) is 0 Å². The Bertz CT molecular complexity index is 1020. The van der Waals surface area contributed by atoms with Gasteiger partial charge in [0.15, 0.2) is 10.8 Å². The lowest BCUT2D eigenvalue weighted by atomic mass is 10.0. The number of nitrogens with zero attached hydrogens (tertiary/aromatic N) is 2. The van der Waals surface area contributed by atoms with Gasteiger partial charge < -0.3 is 15.4 Å². The predicted molar refractivity (Wildman–Crippen MR) is 115 cm³/mol. The maximum absolute atomic E-state index is 13.1. The Kier molecular flexibility index (Phi) is 6.69. The van der Waals surface area contributed by atoms with Crippen LogP contribution in [-0.2, 0) is 14.3 Å². The number of rotatable bonds is 7. The van der Waals surface area contributed by atoms with Crippen LogP contribution in [0.5, 0.6) is 0 Å². The van der Waals surface area contributed by atoms with Crippen molar-refractivity contribution >= 4 is 40.3 Å². The molecule has 1 aliphatic rings. The molecule has 3 rings (SSSR count). The molecule has 9 nitrogen and oxygen atoms in total. The minimum atomic E-state index is -1.02. The van der Waals surface area contributed by atoms with Crippen LogP contribution in [0, 0.1) is 12.8 Å². The molecule has 1 aromatic carbocycles. The molecule has 4 amide bonds. The average Bonchev–Trinajstić information content (AvgIpc) is 3.29. The molecule has 0 aliphatic carbocycles. The molecule has 2 aromatic rings. The monoisotopic (exact) mass is 444 g/mol. The van der Waals surface area contributed by atoms with Crippen LogP contribution in [0.25, 0.3) is 0 Å². The number of urea groups is 1. The topological polar surface area (TPSA) is 118 Å². The Morgan fingerprint density at radius 3 is 2.71 bits per heavy atom. The number of hydrogen-bond acceptors (Lipinski definition) is 7. The summed E-state index contributed by atoms with van der Waals surface area (Å²) in [6, 6.07) is 4.81. The second-order valence-electron chi connectivity index (χ2n) is 7.67. The molecule has 164 valence electrons. The normalized spacial score (nSPS) is 16.9. The van der Waals surface area contributed by atoms with Gasteiger partial charge in [-0.1, -0.05) is 43.7 Å². The average molecular weight is 445 g/mol. The SMILES string of the molecule is COC(=O)c1csc(NC(=O)[C@H](CC(C)C)N2C(=O)NC(c3cccc(C)c3)C2=O)n1. The van der Waals surface area contributed by atoms with Gasteiger partial charge in [0, 0.05) is 5.38 Å². The largest absolute Gasteiger partial charge is 0.464 e. The second kappa shape index (κ2) is 9.25. The third-order valence-corrected chi connectivity index (χ3v) is 5.54. The minimum absolute atomic E-state index is 0.0382. The highest BCUT2D eigenvalue weighted by molar-refractivity contribution is 7.14. The van der Waals surface area contributed by atoms with Gasteiger partial charge in [0.2, 0.25) is 5.91 Å². The summed E-state index contributed by atoms with van der Waals surface area (Å²) in [7, 11) is 1.24. The van der Waals surface area contributed by atoms with Gasteiger partial charge in [-0.25, -0.2) is 19.5 Å². The highest BCUT2D eigenvalue weighted by Crippen LogP contribution is 2.27. The van der Waals surface area contributed by atoms with Crippen LogP contribution in [0.2, 0.25) is 0 Å². The van der Waals surface area contributed by atoms with E-state index in [-0.39, 0.29) is 23.2 Å². The van der Waals surface area contributed by atoms with E-state index >= 15 is 0 Å². The van der Waals surface area contributed by atoms with Gasteiger partial charge in [0.25, 0.3) is 5.91 Å². The fraction of sp³-hybridized carbons (Fsp3) is 0.381. The summed E-state index contributed by atoms with van der Waals surface area (Å²) in [5.41, 5.74) is 1.68.